The molecular formula is C18H32O. The summed E-state index contributed by atoms with van der Waals surface area (Å²) in [6, 6.07) is 0. The van der Waals surface area contributed by atoms with Crippen LogP contribution in [0.4, 0.5) is 0 Å². The summed E-state index contributed by atoms with van der Waals surface area (Å²) in [4.78, 5) is 0. The standard InChI is InChI=1S/C16H26O.C2H6/c1-7-12-17-15(6)11-10-14(5)16(9-3)13(4)8-2;1-2/h7,10-11H,1,8-9,12H2,2-6H3;1-2H3/b14-10-,15-11-,16-13+;. The van der Waals surface area contributed by atoms with E-state index in [-0.39, 0.29) is 0 Å². The molecule has 19 heavy (non-hydrogen) atoms. The van der Waals surface area contributed by atoms with Crippen LogP contribution in [0, 0.1) is 0 Å². The Labute approximate surface area is 120 Å². The van der Waals surface area contributed by atoms with Gasteiger partial charge in [-0.15, -0.1) is 0 Å². The van der Waals surface area contributed by atoms with Crippen LogP contribution in [0.25, 0.3) is 0 Å². The van der Waals surface area contributed by atoms with Crippen molar-refractivity contribution in [2.75, 3.05) is 6.61 Å². The predicted octanol–water partition coefficient (Wildman–Crippen LogP) is 6.20. The molecule has 0 aliphatic carbocycles. The second-order valence-corrected chi connectivity index (χ2v) is 4.19. The van der Waals surface area contributed by atoms with Crippen LogP contribution in [0.15, 0.2) is 47.3 Å². The number of rotatable bonds is 7. The molecule has 1 nitrogen and oxygen atoms in total. The van der Waals surface area contributed by atoms with Crippen molar-refractivity contribution in [3.8, 4) is 0 Å². The molecule has 0 aromatic heterocycles. The lowest BCUT2D eigenvalue weighted by molar-refractivity contribution is 0.250. The maximum Gasteiger partial charge on any atom is 0.106 e. The van der Waals surface area contributed by atoms with Gasteiger partial charge in [-0.3, -0.25) is 0 Å². The van der Waals surface area contributed by atoms with E-state index in [1.807, 2.05) is 26.8 Å². The summed E-state index contributed by atoms with van der Waals surface area (Å²) in [6.07, 6.45) is 8.12. The van der Waals surface area contributed by atoms with Gasteiger partial charge >= 0.3 is 0 Å². The Bertz CT molecular complexity index is 330. The van der Waals surface area contributed by atoms with Gasteiger partial charge in [0.15, 0.2) is 0 Å². The van der Waals surface area contributed by atoms with Gasteiger partial charge in [0, 0.05) is 0 Å². The predicted molar refractivity (Wildman–Crippen MR) is 88.3 cm³/mol. The maximum absolute atomic E-state index is 5.42. The molecule has 0 radical (unpaired) electrons. The van der Waals surface area contributed by atoms with Crippen LogP contribution < -0.4 is 0 Å². The first-order chi connectivity index (χ1) is 9.06. The van der Waals surface area contributed by atoms with Crippen LogP contribution in [0.2, 0.25) is 0 Å². The molecule has 0 fully saturated rings. The zero-order chi connectivity index (χ0) is 15.3. The van der Waals surface area contributed by atoms with Crippen molar-refractivity contribution in [2.45, 2.75) is 61.3 Å². The van der Waals surface area contributed by atoms with Gasteiger partial charge in [0.05, 0.1) is 5.76 Å². The Morgan fingerprint density at radius 1 is 1.00 bits per heavy atom. The van der Waals surface area contributed by atoms with E-state index in [0.717, 1.165) is 18.6 Å². The highest BCUT2D eigenvalue weighted by Crippen LogP contribution is 2.20. The lowest BCUT2D eigenvalue weighted by Crippen LogP contribution is -1.90. The largest absolute Gasteiger partial charge is 0.494 e. The topological polar surface area (TPSA) is 9.23 Å². The number of hydrogen-bond donors (Lipinski definition) is 0. The van der Waals surface area contributed by atoms with Crippen LogP contribution in [-0.4, -0.2) is 6.61 Å². The molecule has 0 amide bonds. The van der Waals surface area contributed by atoms with Crippen LogP contribution in [-0.2, 0) is 4.74 Å². The molecule has 0 unspecified atom stereocenters. The smallest absolute Gasteiger partial charge is 0.106 e. The van der Waals surface area contributed by atoms with E-state index in [9.17, 15) is 0 Å². The van der Waals surface area contributed by atoms with Gasteiger partial charge in [-0.1, -0.05) is 52.0 Å². The Morgan fingerprint density at radius 2 is 1.58 bits per heavy atom. The van der Waals surface area contributed by atoms with E-state index in [1.165, 1.54) is 16.7 Å². The Kier molecular flexibility index (Phi) is 14.0. The fraction of sp³-hybridized carbons (Fsp3) is 0.556. The van der Waals surface area contributed by atoms with Crippen molar-refractivity contribution >= 4 is 0 Å². The minimum Gasteiger partial charge on any atom is -0.494 e. The molecule has 1 heteroatoms. The zero-order valence-electron chi connectivity index (χ0n) is 14.0. The normalized spacial score (nSPS) is 13.2. The van der Waals surface area contributed by atoms with Crippen molar-refractivity contribution in [3.63, 3.8) is 0 Å². The van der Waals surface area contributed by atoms with E-state index in [1.54, 1.807) is 6.08 Å². The van der Waals surface area contributed by atoms with Crippen molar-refractivity contribution in [3.05, 3.63) is 47.3 Å². The molecule has 0 aromatic carbocycles. The van der Waals surface area contributed by atoms with Gasteiger partial charge in [0.25, 0.3) is 0 Å². The van der Waals surface area contributed by atoms with Gasteiger partial charge in [0.2, 0.25) is 0 Å². The number of ether oxygens (including phenoxy) is 1. The van der Waals surface area contributed by atoms with Crippen molar-refractivity contribution in [2.24, 2.45) is 0 Å². The molecular weight excluding hydrogens is 232 g/mol. The SMILES string of the molecule is C=CCO\C(C)=C/C=C(C)\C(CC)=C(/C)CC.CC. The fourth-order valence-electron chi connectivity index (χ4n) is 1.71. The monoisotopic (exact) mass is 264 g/mol. The molecule has 0 aliphatic heterocycles. The zero-order valence-corrected chi connectivity index (χ0v) is 14.0. The molecule has 110 valence electrons. The van der Waals surface area contributed by atoms with Crippen LogP contribution in [0.1, 0.15) is 61.3 Å². The summed E-state index contributed by atoms with van der Waals surface area (Å²) in [6.45, 7) is 18.9. The second kappa shape index (κ2) is 13.2. The first-order valence-electron chi connectivity index (χ1n) is 7.34. The Morgan fingerprint density at radius 3 is 2.00 bits per heavy atom. The number of hydrogen-bond acceptors (Lipinski definition) is 1. The highest BCUT2D eigenvalue weighted by atomic mass is 16.5. The van der Waals surface area contributed by atoms with Crippen molar-refractivity contribution < 1.29 is 4.74 Å². The molecule has 0 heterocycles. The minimum absolute atomic E-state index is 0.569. The summed E-state index contributed by atoms with van der Waals surface area (Å²) in [7, 11) is 0. The Balaban J connectivity index is 0. The highest BCUT2D eigenvalue weighted by molar-refractivity contribution is 5.35. The van der Waals surface area contributed by atoms with E-state index in [2.05, 4.69) is 40.3 Å². The highest BCUT2D eigenvalue weighted by Gasteiger charge is 2.00. The molecule has 0 atom stereocenters. The van der Waals surface area contributed by atoms with Gasteiger partial charge in [-0.2, -0.15) is 0 Å². The molecule has 0 saturated carbocycles. The van der Waals surface area contributed by atoms with Crippen molar-refractivity contribution in [1.82, 2.24) is 0 Å². The number of allylic oxidation sites excluding steroid dienone is 6. The minimum atomic E-state index is 0.569. The molecule has 0 aromatic rings. The molecule has 0 rings (SSSR count). The van der Waals surface area contributed by atoms with Gasteiger partial charge < -0.3 is 4.74 Å². The molecule has 0 aliphatic rings. The first-order valence-corrected chi connectivity index (χ1v) is 7.34. The average molecular weight is 264 g/mol. The Hall–Kier alpha value is -1.24. The third-order valence-corrected chi connectivity index (χ3v) is 2.87. The van der Waals surface area contributed by atoms with Crippen LogP contribution >= 0.6 is 0 Å². The van der Waals surface area contributed by atoms with E-state index < -0.39 is 0 Å². The summed E-state index contributed by atoms with van der Waals surface area (Å²) in [5.74, 6) is 0.925. The van der Waals surface area contributed by atoms with E-state index in [0.29, 0.717) is 6.61 Å². The summed E-state index contributed by atoms with van der Waals surface area (Å²) in [5, 5.41) is 0. The van der Waals surface area contributed by atoms with Crippen LogP contribution in [0.5, 0.6) is 0 Å². The maximum atomic E-state index is 5.42. The van der Waals surface area contributed by atoms with Gasteiger partial charge in [-0.05, 0) is 50.8 Å². The summed E-state index contributed by atoms with van der Waals surface area (Å²) < 4.78 is 5.42. The van der Waals surface area contributed by atoms with E-state index >= 15 is 0 Å². The summed E-state index contributed by atoms with van der Waals surface area (Å²) >= 11 is 0. The molecule has 0 bridgehead atoms. The molecule has 0 spiro atoms. The van der Waals surface area contributed by atoms with E-state index in [4.69, 9.17) is 4.74 Å². The van der Waals surface area contributed by atoms with Crippen molar-refractivity contribution in [1.29, 1.82) is 0 Å². The third-order valence-electron chi connectivity index (χ3n) is 2.87. The average Bonchev–Trinajstić information content (AvgIpc) is 2.45. The lowest BCUT2D eigenvalue weighted by atomic mass is 9.98. The quantitative estimate of drug-likeness (QED) is 0.302. The van der Waals surface area contributed by atoms with Gasteiger partial charge in [0.1, 0.15) is 6.61 Å². The van der Waals surface area contributed by atoms with Crippen LogP contribution in [0.3, 0.4) is 0 Å². The second-order valence-electron chi connectivity index (χ2n) is 4.19. The summed E-state index contributed by atoms with van der Waals surface area (Å²) in [5.41, 5.74) is 4.26. The molecule has 0 saturated heterocycles. The molecule has 0 N–H and O–H groups in total. The van der Waals surface area contributed by atoms with Gasteiger partial charge in [-0.25, -0.2) is 0 Å². The lowest BCUT2D eigenvalue weighted by Gasteiger charge is -2.09. The fourth-order valence-corrected chi connectivity index (χ4v) is 1.71. The first kappa shape index (κ1) is 20.1. The third kappa shape index (κ3) is 9.35.